The van der Waals surface area contributed by atoms with Gasteiger partial charge in [0.05, 0.1) is 0 Å². The van der Waals surface area contributed by atoms with Crippen LogP contribution in [-0.4, -0.2) is 34.2 Å². The topological polar surface area (TPSA) is 50.1 Å². The Kier molecular flexibility index (Phi) is 50.9. The first kappa shape index (κ1) is 17.1. The summed E-state index contributed by atoms with van der Waals surface area (Å²) < 4.78 is 0. The molecule has 0 aliphatic heterocycles. The van der Waals surface area contributed by atoms with Crippen molar-refractivity contribution in [3.8, 4) is 0 Å². The molecule has 0 heterocycles. The summed E-state index contributed by atoms with van der Waals surface area (Å²) >= 11 is 0. The summed E-state index contributed by atoms with van der Waals surface area (Å²) in [7, 11) is 5.38. The van der Waals surface area contributed by atoms with Crippen molar-refractivity contribution in [3.63, 3.8) is 0 Å². The number of rotatable bonds is 3. The van der Waals surface area contributed by atoms with Gasteiger partial charge in [0.2, 0.25) is 0 Å². The van der Waals surface area contributed by atoms with Crippen molar-refractivity contribution in [1.29, 1.82) is 0 Å². The maximum absolute atomic E-state index is 4.50. The van der Waals surface area contributed by atoms with Crippen LogP contribution >= 0.6 is 0 Å². The van der Waals surface area contributed by atoms with Crippen LogP contribution in [0.2, 0.25) is 0 Å². The van der Waals surface area contributed by atoms with E-state index in [1.165, 1.54) is 13.5 Å². The molecule has 72 valence electrons. The SMILES string of the molecule is CCC.CN.CNCCNC. The van der Waals surface area contributed by atoms with Crippen LogP contribution in [0, 0.1) is 0 Å². The molecule has 4 N–H and O–H groups in total. The van der Waals surface area contributed by atoms with E-state index < -0.39 is 0 Å². The fourth-order valence-electron chi connectivity index (χ4n) is 0.250. The highest BCUT2D eigenvalue weighted by Crippen LogP contribution is 1.56. The highest BCUT2D eigenvalue weighted by molar-refractivity contribution is 4.38. The molecule has 0 radical (unpaired) electrons. The lowest BCUT2D eigenvalue weighted by molar-refractivity contribution is 0.718. The Morgan fingerprint density at radius 3 is 1.18 bits per heavy atom. The lowest BCUT2D eigenvalue weighted by Crippen LogP contribution is -2.21. The summed E-state index contributed by atoms with van der Waals surface area (Å²) in [5, 5.41) is 6.01. The van der Waals surface area contributed by atoms with E-state index in [0.717, 1.165) is 13.1 Å². The van der Waals surface area contributed by atoms with Gasteiger partial charge in [0.1, 0.15) is 0 Å². The summed E-state index contributed by atoms with van der Waals surface area (Å²) in [6.45, 7) is 6.35. The van der Waals surface area contributed by atoms with Gasteiger partial charge in [-0.2, -0.15) is 0 Å². The van der Waals surface area contributed by atoms with Crippen LogP contribution in [-0.2, 0) is 0 Å². The average molecular weight is 163 g/mol. The highest BCUT2D eigenvalue weighted by Gasteiger charge is 1.70. The van der Waals surface area contributed by atoms with Crippen molar-refractivity contribution < 1.29 is 0 Å². The van der Waals surface area contributed by atoms with Gasteiger partial charge in [-0.3, -0.25) is 0 Å². The lowest BCUT2D eigenvalue weighted by Gasteiger charge is -1.92. The van der Waals surface area contributed by atoms with E-state index in [-0.39, 0.29) is 0 Å². The molecule has 0 unspecified atom stereocenters. The molecule has 0 spiro atoms. The Hall–Kier alpha value is -0.120. The van der Waals surface area contributed by atoms with Gasteiger partial charge >= 0.3 is 0 Å². The van der Waals surface area contributed by atoms with E-state index in [9.17, 15) is 0 Å². The smallest absolute Gasteiger partial charge is 0.00736 e. The molecular weight excluding hydrogens is 138 g/mol. The molecule has 0 aromatic heterocycles. The number of hydrogen-bond donors (Lipinski definition) is 3. The third kappa shape index (κ3) is 74.0. The van der Waals surface area contributed by atoms with Crippen molar-refractivity contribution in [3.05, 3.63) is 0 Å². The Balaban J connectivity index is -0.000000109. The Bertz CT molecular complexity index is 28.5. The van der Waals surface area contributed by atoms with E-state index in [1.54, 1.807) is 0 Å². The second-order valence-electron chi connectivity index (χ2n) is 1.91. The molecular formula is C8H25N3. The van der Waals surface area contributed by atoms with Crippen molar-refractivity contribution in [2.75, 3.05) is 34.2 Å². The number of likely N-dealkylation sites (N-methyl/N-ethyl adjacent to an activating group) is 2. The zero-order valence-electron chi connectivity index (χ0n) is 8.70. The van der Waals surface area contributed by atoms with Crippen LogP contribution in [0.5, 0.6) is 0 Å². The zero-order valence-corrected chi connectivity index (χ0v) is 8.70. The first-order valence-corrected chi connectivity index (χ1v) is 4.20. The molecule has 0 saturated carbocycles. The summed E-state index contributed by atoms with van der Waals surface area (Å²) in [4.78, 5) is 0. The van der Waals surface area contributed by atoms with Crippen LogP contribution in [0.1, 0.15) is 20.3 Å². The minimum Gasteiger partial charge on any atom is -0.333 e. The molecule has 3 nitrogen and oxygen atoms in total. The number of hydrogen-bond acceptors (Lipinski definition) is 3. The van der Waals surface area contributed by atoms with Gasteiger partial charge in [0.25, 0.3) is 0 Å². The predicted octanol–water partition coefficient (Wildman–Crippen LogP) is 0.416. The van der Waals surface area contributed by atoms with Gasteiger partial charge in [-0.05, 0) is 21.1 Å². The predicted molar refractivity (Wildman–Crippen MR) is 53.9 cm³/mol. The van der Waals surface area contributed by atoms with Crippen LogP contribution in [0.25, 0.3) is 0 Å². The highest BCUT2D eigenvalue weighted by atomic mass is 14.9. The lowest BCUT2D eigenvalue weighted by atomic mass is 10.6. The van der Waals surface area contributed by atoms with Crippen LogP contribution in [0.3, 0.4) is 0 Å². The molecule has 0 fully saturated rings. The first-order chi connectivity index (χ1) is 5.33. The van der Waals surface area contributed by atoms with Crippen molar-refractivity contribution in [2.24, 2.45) is 5.73 Å². The van der Waals surface area contributed by atoms with E-state index in [1.807, 2.05) is 14.1 Å². The molecule has 0 saturated heterocycles. The minimum absolute atomic E-state index is 1.05. The van der Waals surface area contributed by atoms with E-state index in [0.29, 0.717) is 0 Å². The van der Waals surface area contributed by atoms with Gasteiger partial charge in [-0.1, -0.05) is 20.3 Å². The van der Waals surface area contributed by atoms with Crippen molar-refractivity contribution in [2.45, 2.75) is 20.3 Å². The summed E-state index contributed by atoms with van der Waals surface area (Å²) in [6, 6.07) is 0. The van der Waals surface area contributed by atoms with E-state index >= 15 is 0 Å². The summed E-state index contributed by atoms with van der Waals surface area (Å²) in [5.41, 5.74) is 4.50. The van der Waals surface area contributed by atoms with Gasteiger partial charge in [-0.25, -0.2) is 0 Å². The van der Waals surface area contributed by atoms with Crippen LogP contribution in [0.15, 0.2) is 0 Å². The Labute approximate surface area is 71.7 Å². The number of nitrogens with two attached hydrogens (primary N) is 1. The third-order valence-electron chi connectivity index (χ3n) is 0.625. The molecule has 0 rings (SSSR count). The summed E-state index contributed by atoms with van der Waals surface area (Å²) in [6.07, 6.45) is 1.25. The Morgan fingerprint density at radius 2 is 1.09 bits per heavy atom. The second-order valence-corrected chi connectivity index (χ2v) is 1.91. The van der Waals surface area contributed by atoms with Gasteiger partial charge in [0.15, 0.2) is 0 Å². The molecule has 0 atom stereocenters. The van der Waals surface area contributed by atoms with Gasteiger partial charge in [-0.15, -0.1) is 0 Å². The van der Waals surface area contributed by atoms with Crippen LogP contribution < -0.4 is 16.4 Å². The minimum atomic E-state index is 1.05. The van der Waals surface area contributed by atoms with E-state index in [4.69, 9.17) is 0 Å². The molecule has 0 amide bonds. The largest absolute Gasteiger partial charge is 0.333 e. The molecule has 0 aliphatic rings. The first-order valence-electron chi connectivity index (χ1n) is 4.20. The third-order valence-corrected chi connectivity index (χ3v) is 0.625. The van der Waals surface area contributed by atoms with Gasteiger partial charge < -0.3 is 16.4 Å². The fraction of sp³-hybridized carbons (Fsp3) is 1.00. The molecule has 0 aromatic carbocycles. The number of nitrogens with one attached hydrogen (secondary N) is 2. The average Bonchev–Trinajstić information content (AvgIpc) is 2.06. The standard InChI is InChI=1S/C4H12N2.C3H8.CH5N/c1-5-3-4-6-2;1-3-2;1-2/h5-6H,3-4H2,1-2H3;3H2,1-2H3;2H2,1H3. The zero-order chi connectivity index (χ0) is 9.54. The maximum atomic E-state index is 4.50. The second kappa shape index (κ2) is 32.7. The van der Waals surface area contributed by atoms with Crippen LogP contribution in [0.4, 0.5) is 0 Å². The molecule has 3 heteroatoms. The molecule has 0 aromatic rings. The van der Waals surface area contributed by atoms with Gasteiger partial charge in [0, 0.05) is 13.1 Å². The van der Waals surface area contributed by atoms with E-state index in [2.05, 4.69) is 30.2 Å². The van der Waals surface area contributed by atoms with Crippen molar-refractivity contribution >= 4 is 0 Å². The maximum Gasteiger partial charge on any atom is 0.00736 e. The fourth-order valence-corrected chi connectivity index (χ4v) is 0.250. The summed E-state index contributed by atoms with van der Waals surface area (Å²) in [5.74, 6) is 0. The normalized spacial score (nSPS) is 7.09. The Morgan fingerprint density at radius 1 is 0.909 bits per heavy atom. The monoisotopic (exact) mass is 163 g/mol. The molecule has 0 bridgehead atoms. The van der Waals surface area contributed by atoms with Crippen molar-refractivity contribution in [1.82, 2.24) is 10.6 Å². The molecule has 11 heavy (non-hydrogen) atoms. The quantitative estimate of drug-likeness (QED) is 0.528. The molecule has 0 aliphatic carbocycles.